The fraction of sp³-hybridized carbons (Fsp3) is 0.632. The van der Waals surface area contributed by atoms with E-state index in [0.717, 1.165) is 13.1 Å². The van der Waals surface area contributed by atoms with Crippen molar-refractivity contribution in [2.45, 2.75) is 31.8 Å². The second kappa shape index (κ2) is 10.8. The molecule has 158 valence electrons. The number of benzene rings is 1. The molecule has 1 aromatic rings. The van der Waals surface area contributed by atoms with Gasteiger partial charge in [0.05, 0.1) is 18.1 Å². The number of amides is 1. The lowest BCUT2D eigenvalue weighted by Crippen LogP contribution is -2.41. The predicted molar refractivity (Wildman–Crippen MR) is 107 cm³/mol. The molecule has 0 radical (unpaired) electrons. The smallest absolute Gasteiger partial charge is 0.260 e. The molecule has 1 aliphatic rings. The summed E-state index contributed by atoms with van der Waals surface area (Å²) in [6.07, 6.45) is -0.659. The van der Waals surface area contributed by atoms with Crippen molar-refractivity contribution in [1.29, 1.82) is 0 Å². The van der Waals surface area contributed by atoms with Gasteiger partial charge in [0.1, 0.15) is 5.75 Å². The molecule has 8 nitrogen and oxygen atoms in total. The Balaban J connectivity index is 1.83. The molecule has 2 N–H and O–H groups in total. The first kappa shape index (κ1) is 22.6. The highest BCUT2D eigenvalue weighted by Gasteiger charge is 2.17. The first-order valence-corrected chi connectivity index (χ1v) is 11.1. The molecular formula is C19H31N3O5S. The van der Waals surface area contributed by atoms with E-state index < -0.39 is 16.1 Å². The minimum Gasteiger partial charge on any atom is -0.481 e. The van der Waals surface area contributed by atoms with E-state index in [1.807, 2.05) is 13.8 Å². The summed E-state index contributed by atoms with van der Waals surface area (Å²) < 4.78 is 38.3. The van der Waals surface area contributed by atoms with Gasteiger partial charge >= 0.3 is 0 Å². The molecule has 0 spiro atoms. The quantitative estimate of drug-likeness (QED) is 0.590. The molecule has 9 heteroatoms. The maximum absolute atomic E-state index is 12.4. The fourth-order valence-electron chi connectivity index (χ4n) is 2.65. The van der Waals surface area contributed by atoms with E-state index >= 15 is 0 Å². The fourth-order valence-corrected chi connectivity index (χ4v) is 3.67. The lowest BCUT2D eigenvalue weighted by atomic mass is 10.2. The first-order valence-electron chi connectivity index (χ1n) is 9.62. The van der Waals surface area contributed by atoms with Gasteiger partial charge in [-0.15, -0.1) is 0 Å². The molecule has 28 heavy (non-hydrogen) atoms. The SMILES string of the molecule is CC(C)CNC(=O)[C@H](C)Oc1ccc(S(=O)(=O)NCCN2CCOCC2)cc1. The summed E-state index contributed by atoms with van der Waals surface area (Å²) in [5.41, 5.74) is 0. The molecule has 0 unspecified atom stereocenters. The highest BCUT2D eigenvalue weighted by atomic mass is 32.2. The number of carbonyl (C=O) groups is 1. The van der Waals surface area contributed by atoms with Crippen molar-refractivity contribution in [2.24, 2.45) is 5.92 Å². The molecule has 0 aliphatic carbocycles. The number of nitrogens with one attached hydrogen (secondary N) is 2. The van der Waals surface area contributed by atoms with Gasteiger partial charge in [0.2, 0.25) is 10.0 Å². The average Bonchev–Trinajstić information content (AvgIpc) is 2.67. The lowest BCUT2D eigenvalue weighted by molar-refractivity contribution is -0.127. The van der Waals surface area contributed by atoms with Crippen LogP contribution in [0.25, 0.3) is 0 Å². The number of morpholine rings is 1. The molecular weight excluding hydrogens is 382 g/mol. The lowest BCUT2D eigenvalue weighted by Gasteiger charge is -2.26. The molecule has 1 fully saturated rings. The second-order valence-electron chi connectivity index (χ2n) is 7.22. The van der Waals surface area contributed by atoms with Gasteiger partial charge in [0, 0.05) is 32.7 Å². The molecule has 1 saturated heterocycles. The van der Waals surface area contributed by atoms with Gasteiger partial charge in [-0.1, -0.05) is 13.8 Å². The third-order valence-corrected chi connectivity index (χ3v) is 5.80. The summed E-state index contributed by atoms with van der Waals surface area (Å²) in [5.74, 6) is 0.603. The molecule has 1 aliphatic heterocycles. The van der Waals surface area contributed by atoms with Gasteiger partial charge in [-0.05, 0) is 37.1 Å². The van der Waals surface area contributed by atoms with Crippen molar-refractivity contribution < 1.29 is 22.7 Å². The summed E-state index contributed by atoms with van der Waals surface area (Å²) in [5, 5.41) is 2.81. The van der Waals surface area contributed by atoms with Crippen LogP contribution in [0.2, 0.25) is 0 Å². The van der Waals surface area contributed by atoms with Crippen molar-refractivity contribution in [2.75, 3.05) is 45.9 Å². The van der Waals surface area contributed by atoms with E-state index in [-0.39, 0.29) is 10.8 Å². The Labute approximate surface area is 167 Å². The van der Waals surface area contributed by atoms with Crippen LogP contribution in [0.3, 0.4) is 0 Å². The first-order chi connectivity index (χ1) is 13.3. The van der Waals surface area contributed by atoms with Crippen LogP contribution in [0, 0.1) is 5.92 Å². The standard InChI is InChI=1S/C19H31N3O5S/c1-15(2)14-20-19(23)16(3)27-17-4-6-18(7-5-17)28(24,25)21-8-9-22-10-12-26-13-11-22/h4-7,15-16,21H,8-14H2,1-3H3,(H,20,23)/t16-/m0/s1. The zero-order valence-electron chi connectivity index (χ0n) is 16.8. The third-order valence-electron chi connectivity index (χ3n) is 4.32. The van der Waals surface area contributed by atoms with Crippen LogP contribution in [0.4, 0.5) is 0 Å². The van der Waals surface area contributed by atoms with Crippen LogP contribution >= 0.6 is 0 Å². The largest absolute Gasteiger partial charge is 0.481 e. The summed E-state index contributed by atoms with van der Waals surface area (Å²) in [6.45, 7) is 10.3. The Hall–Kier alpha value is -1.68. The molecule has 0 aromatic heterocycles. The number of nitrogens with zero attached hydrogens (tertiary/aromatic N) is 1. The van der Waals surface area contributed by atoms with Crippen molar-refractivity contribution in [3.8, 4) is 5.75 Å². The molecule has 2 rings (SSSR count). The summed E-state index contributed by atoms with van der Waals surface area (Å²) in [6, 6.07) is 6.07. The number of carbonyl (C=O) groups excluding carboxylic acids is 1. The minimum absolute atomic E-state index is 0.165. The highest BCUT2D eigenvalue weighted by Crippen LogP contribution is 2.17. The number of ether oxygens (including phenoxy) is 2. The van der Waals surface area contributed by atoms with E-state index in [0.29, 0.717) is 44.5 Å². The number of sulfonamides is 1. The van der Waals surface area contributed by atoms with Crippen LogP contribution < -0.4 is 14.8 Å². The van der Waals surface area contributed by atoms with Gasteiger partial charge in [0.25, 0.3) is 5.91 Å². The Morgan fingerprint density at radius 3 is 2.43 bits per heavy atom. The van der Waals surface area contributed by atoms with Gasteiger partial charge < -0.3 is 14.8 Å². The van der Waals surface area contributed by atoms with E-state index in [9.17, 15) is 13.2 Å². The van der Waals surface area contributed by atoms with Crippen molar-refractivity contribution >= 4 is 15.9 Å². The van der Waals surface area contributed by atoms with Crippen LogP contribution in [0.1, 0.15) is 20.8 Å². The maximum atomic E-state index is 12.4. The van der Waals surface area contributed by atoms with Crippen LogP contribution in [0.15, 0.2) is 29.2 Å². The normalized spacial score (nSPS) is 16.7. The Bertz CT molecular complexity index is 716. The molecule has 0 bridgehead atoms. The Kier molecular flexibility index (Phi) is 8.68. The maximum Gasteiger partial charge on any atom is 0.260 e. The van der Waals surface area contributed by atoms with Gasteiger partial charge in [-0.3, -0.25) is 9.69 Å². The van der Waals surface area contributed by atoms with Crippen molar-refractivity contribution in [1.82, 2.24) is 14.9 Å². The van der Waals surface area contributed by atoms with E-state index in [1.165, 1.54) is 12.1 Å². The second-order valence-corrected chi connectivity index (χ2v) is 8.99. The van der Waals surface area contributed by atoms with Crippen LogP contribution in [-0.4, -0.2) is 71.3 Å². The van der Waals surface area contributed by atoms with E-state index in [4.69, 9.17) is 9.47 Å². The minimum atomic E-state index is -3.58. The van der Waals surface area contributed by atoms with E-state index in [1.54, 1.807) is 19.1 Å². The van der Waals surface area contributed by atoms with Gasteiger partial charge in [-0.25, -0.2) is 13.1 Å². The number of rotatable bonds is 10. The number of hydrogen-bond donors (Lipinski definition) is 2. The molecule has 1 heterocycles. The molecule has 0 saturated carbocycles. The molecule has 1 aromatic carbocycles. The number of hydrogen-bond acceptors (Lipinski definition) is 6. The average molecular weight is 414 g/mol. The topological polar surface area (TPSA) is 97.0 Å². The van der Waals surface area contributed by atoms with Crippen molar-refractivity contribution in [3.63, 3.8) is 0 Å². The predicted octanol–water partition coefficient (Wildman–Crippen LogP) is 0.837. The zero-order chi connectivity index (χ0) is 20.6. The van der Waals surface area contributed by atoms with Gasteiger partial charge in [0.15, 0.2) is 6.10 Å². The van der Waals surface area contributed by atoms with Gasteiger partial charge in [-0.2, -0.15) is 0 Å². The molecule has 1 amide bonds. The Morgan fingerprint density at radius 1 is 1.18 bits per heavy atom. The summed E-state index contributed by atoms with van der Waals surface area (Å²) in [7, 11) is -3.58. The monoisotopic (exact) mass is 413 g/mol. The zero-order valence-corrected chi connectivity index (χ0v) is 17.6. The Morgan fingerprint density at radius 2 is 1.82 bits per heavy atom. The van der Waals surface area contributed by atoms with E-state index in [2.05, 4.69) is 14.9 Å². The third kappa shape index (κ3) is 7.38. The highest BCUT2D eigenvalue weighted by molar-refractivity contribution is 7.89. The summed E-state index contributed by atoms with van der Waals surface area (Å²) >= 11 is 0. The summed E-state index contributed by atoms with van der Waals surface area (Å²) in [4.78, 5) is 14.3. The van der Waals surface area contributed by atoms with Crippen LogP contribution in [0.5, 0.6) is 5.75 Å². The van der Waals surface area contributed by atoms with Crippen molar-refractivity contribution in [3.05, 3.63) is 24.3 Å². The molecule has 1 atom stereocenters. The van der Waals surface area contributed by atoms with Crippen LogP contribution in [-0.2, 0) is 19.6 Å².